The maximum atomic E-state index is 12.6. The molecule has 2 aromatic rings. The molecule has 0 atom stereocenters. The van der Waals surface area contributed by atoms with E-state index >= 15 is 0 Å². The fraction of sp³-hybridized carbons (Fsp3) is 0.409. The molecule has 6 heteroatoms. The van der Waals surface area contributed by atoms with E-state index in [0.29, 0.717) is 24.4 Å². The number of Topliss-reactive ketones (excluding diaryl/α,β-unsaturated/α-hetero) is 1. The van der Waals surface area contributed by atoms with Crippen molar-refractivity contribution in [2.24, 2.45) is 11.7 Å². The summed E-state index contributed by atoms with van der Waals surface area (Å²) in [5.74, 6) is 0.383. The van der Waals surface area contributed by atoms with Crippen LogP contribution < -0.4 is 5.73 Å². The Morgan fingerprint density at radius 1 is 1.14 bits per heavy atom. The summed E-state index contributed by atoms with van der Waals surface area (Å²) in [6, 6.07) is 14.1. The minimum Gasteiger partial charge on any atom is -0.330 e. The van der Waals surface area contributed by atoms with E-state index in [4.69, 9.17) is 17.3 Å². The van der Waals surface area contributed by atoms with Crippen molar-refractivity contribution in [3.8, 4) is 0 Å². The lowest BCUT2D eigenvalue weighted by atomic mass is 9.66. The molecule has 0 aromatic heterocycles. The summed E-state index contributed by atoms with van der Waals surface area (Å²) in [6.45, 7) is 0.570. The molecular weight excluding hydrogens is 394 g/mol. The van der Waals surface area contributed by atoms with E-state index in [-0.39, 0.29) is 16.1 Å². The van der Waals surface area contributed by atoms with Crippen LogP contribution in [0.1, 0.15) is 48.0 Å². The van der Waals surface area contributed by atoms with Crippen molar-refractivity contribution in [3.05, 3.63) is 64.7 Å². The minimum absolute atomic E-state index is 0.0630. The summed E-state index contributed by atoms with van der Waals surface area (Å²) in [4.78, 5) is 12.9. The molecule has 0 amide bonds. The van der Waals surface area contributed by atoms with Crippen LogP contribution in [0.4, 0.5) is 0 Å². The van der Waals surface area contributed by atoms with Crippen LogP contribution in [-0.2, 0) is 15.3 Å². The van der Waals surface area contributed by atoms with E-state index in [1.807, 2.05) is 18.2 Å². The van der Waals surface area contributed by atoms with Crippen LogP contribution in [0.15, 0.2) is 53.4 Å². The topological polar surface area (TPSA) is 77.2 Å². The van der Waals surface area contributed by atoms with Crippen LogP contribution in [0.2, 0.25) is 5.02 Å². The molecular formula is C22H26ClNO3S. The fourth-order valence-electron chi connectivity index (χ4n) is 4.13. The number of ketones is 1. The number of nitrogens with two attached hydrogens (primary N) is 1. The zero-order valence-corrected chi connectivity index (χ0v) is 17.6. The predicted octanol–water partition coefficient (Wildman–Crippen LogP) is 4.40. The highest BCUT2D eigenvalue weighted by Crippen LogP contribution is 2.42. The standard InChI is InChI=1S/C22H26ClNO3S/c1-28(26,27)20-7-5-17(6-8-20)21(25)13-16-9-11-22(15-24,12-10-16)18-3-2-4-19(23)14-18/h2-8,14,16H,9-13,15,24H2,1H3. The summed E-state index contributed by atoms with van der Waals surface area (Å²) in [6.07, 6.45) is 5.40. The predicted molar refractivity (Wildman–Crippen MR) is 113 cm³/mol. The van der Waals surface area contributed by atoms with Crippen LogP contribution in [0.3, 0.4) is 0 Å². The molecule has 0 heterocycles. The first-order chi connectivity index (χ1) is 13.2. The number of rotatable bonds is 6. The second kappa shape index (κ2) is 8.36. The minimum atomic E-state index is -3.25. The third kappa shape index (κ3) is 4.65. The second-order valence-corrected chi connectivity index (χ2v) is 10.3. The molecule has 1 saturated carbocycles. The molecule has 0 spiro atoms. The Morgan fingerprint density at radius 2 is 1.79 bits per heavy atom. The molecule has 3 rings (SSSR count). The molecule has 150 valence electrons. The van der Waals surface area contributed by atoms with Gasteiger partial charge in [0.2, 0.25) is 0 Å². The SMILES string of the molecule is CS(=O)(=O)c1ccc(C(=O)CC2CCC(CN)(c3cccc(Cl)c3)CC2)cc1. The Morgan fingerprint density at radius 3 is 2.32 bits per heavy atom. The molecule has 0 radical (unpaired) electrons. The first kappa shape index (κ1) is 21.0. The Hall–Kier alpha value is -1.69. The van der Waals surface area contributed by atoms with Crippen molar-refractivity contribution in [1.29, 1.82) is 0 Å². The number of hydrogen-bond donors (Lipinski definition) is 1. The highest BCUT2D eigenvalue weighted by Gasteiger charge is 2.36. The smallest absolute Gasteiger partial charge is 0.175 e. The van der Waals surface area contributed by atoms with Crippen molar-refractivity contribution >= 4 is 27.2 Å². The Bertz CT molecular complexity index is 946. The van der Waals surface area contributed by atoms with Gasteiger partial charge in [0.05, 0.1) is 4.90 Å². The zero-order valence-electron chi connectivity index (χ0n) is 16.0. The number of halogens is 1. The van der Waals surface area contributed by atoms with Gasteiger partial charge in [-0.1, -0.05) is 35.9 Å². The molecule has 1 aliphatic carbocycles. The van der Waals surface area contributed by atoms with Crippen molar-refractivity contribution in [2.75, 3.05) is 12.8 Å². The monoisotopic (exact) mass is 419 g/mol. The number of hydrogen-bond acceptors (Lipinski definition) is 4. The quantitative estimate of drug-likeness (QED) is 0.704. The number of sulfone groups is 1. The summed E-state index contributed by atoms with van der Waals surface area (Å²) in [7, 11) is -3.25. The average Bonchev–Trinajstić information content (AvgIpc) is 2.68. The Kier molecular flexibility index (Phi) is 6.28. The maximum absolute atomic E-state index is 12.6. The third-order valence-electron chi connectivity index (χ3n) is 5.97. The highest BCUT2D eigenvalue weighted by atomic mass is 35.5. The van der Waals surface area contributed by atoms with Crippen molar-refractivity contribution in [3.63, 3.8) is 0 Å². The summed E-state index contributed by atoms with van der Waals surface area (Å²) in [5, 5.41) is 0.722. The first-order valence-corrected chi connectivity index (χ1v) is 11.8. The Balaban J connectivity index is 1.64. The molecule has 0 aliphatic heterocycles. The lowest BCUT2D eigenvalue weighted by molar-refractivity contribution is 0.0937. The zero-order chi connectivity index (χ0) is 20.4. The van der Waals surface area contributed by atoms with Gasteiger partial charge in [0, 0.05) is 35.2 Å². The molecule has 2 aromatic carbocycles. The third-order valence-corrected chi connectivity index (χ3v) is 7.33. The van der Waals surface area contributed by atoms with Crippen LogP contribution in [-0.4, -0.2) is 27.0 Å². The van der Waals surface area contributed by atoms with Crippen LogP contribution >= 0.6 is 11.6 Å². The van der Waals surface area contributed by atoms with Gasteiger partial charge < -0.3 is 5.73 Å². The van der Waals surface area contributed by atoms with Crippen LogP contribution in [0, 0.1) is 5.92 Å². The first-order valence-electron chi connectivity index (χ1n) is 9.53. The van der Waals surface area contributed by atoms with Gasteiger partial charge >= 0.3 is 0 Å². The highest BCUT2D eigenvalue weighted by molar-refractivity contribution is 7.90. The molecule has 28 heavy (non-hydrogen) atoms. The largest absolute Gasteiger partial charge is 0.330 e. The van der Waals surface area contributed by atoms with Gasteiger partial charge in [0.15, 0.2) is 15.6 Å². The summed E-state index contributed by atoms with van der Waals surface area (Å²) in [5.41, 5.74) is 7.83. The van der Waals surface area contributed by atoms with E-state index in [1.54, 1.807) is 12.1 Å². The van der Waals surface area contributed by atoms with Gasteiger partial charge in [0.1, 0.15) is 0 Å². The van der Waals surface area contributed by atoms with Crippen molar-refractivity contribution in [1.82, 2.24) is 0 Å². The van der Waals surface area contributed by atoms with Gasteiger partial charge in [-0.05, 0) is 61.4 Å². The van der Waals surface area contributed by atoms with Crippen LogP contribution in [0.5, 0.6) is 0 Å². The fourth-order valence-corrected chi connectivity index (χ4v) is 4.95. The molecule has 4 nitrogen and oxygen atoms in total. The van der Waals surface area contributed by atoms with E-state index in [2.05, 4.69) is 6.07 Å². The molecule has 1 fully saturated rings. The molecule has 0 unspecified atom stereocenters. The maximum Gasteiger partial charge on any atom is 0.175 e. The summed E-state index contributed by atoms with van der Waals surface area (Å²) >= 11 is 6.16. The van der Waals surface area contributed by atoms with Crippen molar-refractivity contribution in [2.45, 2.75) is 42.4 Å². The number of benzene rings is 2. The summed E-state index contributed by atoms with van der Waals surface area (Å²) < 4.78 is 23.1. The molecule has 0 saturated heterocycles. The van der Waals surface area contributed by atoms with Gasteiger partial charge in [-0.25, -0.2) is 8.42 Å². The van der Waals surface area contributed by atoms with E-state index in [9.17, 15) is 13.2 Å². The Labute approximate surface area is 172 Å². The molecule has 0 bridgehead atoms. The van der Waals surface area contributed by atoms with Gasteiger partial charge in [-0.15, -0.1) is 0 Å². The number of carbonyl (C=O) groups excluding carboxylic acids is 1. The van der Waals surface area contributed by atoms with Gasteiger partial charge in [-0.2, -0.15) is 0 Å². The molecule has 1 aliphatic rings. The molecule has 2 N–H and O–H groups in total. The average molecular weight is 420 g/mol. The van der Waals surface area contributed by atoms with E-state index in [0.717, 1.165) is 37.0 Å². The van der Waals surface area contributed by atoms with E-state index in [1.165, 1.54) is 17.7 Å². The van der Waals surface area contributed by atoms with E-state index < -0.39 is 9.84 Å². The number of carbonyl (C=O) groups is 1. The van der Waals surface area contributed by atoms with Gasteiger partial charge in [0.25, 0.3) is 0 Å². The van der Waals surface area contributed by atoms with Crippen molar-refractivity contribution < 1.29 is 13.2 Å². The lowest BCUT2D eigenvalue weighted by Gasteiger charge is -2.40. The van der Waals surface area contributed by atoms with Gasteiger partial charge in [-0.3, -0.25) is 4.79 Å². The lowest BCUT2D eigenvalue weighted by Crippen LogP contribution is -2.39. The normalized spacial score (nSPS) is 22.8. The second-order valence-electron chi connectivity index (χ2n) is 7.86. The van der Waals surface area contributed by atoms with Crippen LogP contribution in [0.25, 0.3) is 0 Å².